The van der Waals surface area contributed by atoms with Crippen LogP contribution in [0, 0.1) is 6.57 Å². The number of para-hydroxylation sites is 4. The summed E-state index contributed by atoms with van der Waals surface area (Å²) in [6, 6.07) is 53.1. The van der Waals surface area contributed by atoms with Crippen molar-refractivity contribution in [2.75, 3.05) is 4.90 Å². The first kappa shape index (κ1) is 30.3. The molecule has 0 radical (unpaired) electrons. The number of anilines is 3. The van der Waals surface area contributed by atoms with Crippen molar-refractivity contribution in [2.24, 2.45) is 0 Å². The SMILES string of the molecule is [C-]#[N+]c1ccc2c(c1)c1ccccc1n2-c1cnc2c(c1)C1(c3ccccc3Oc3ccc(N4c5ccccc5Sc5ccccc54)cc31)c1cccnc1-2. The van der Waals surface area contributed by atoms with E-state index in [1.165, 1.54) is 9.79 Å². The van der Waals surface area contributed by atoms with E-state index in [4.69, 9.17) is 21.3 Å². The first-order chi connectivity index (χ1) is 27.2. The standard InChI is InChI=1S/C48H27N5OS/c1-49-29-20-22-39-33(25-29)32-11-2-4-14-38(32)53(39)31-27-37-47(51-28-31)46-35(13-10-24-50-46)48(37)34-12-3-7-17-42(34)54-43-23-21-30(26-36(43)48)52-40-15-5-8-18-44(40)55-45-19-9-6-16-41(45)52/h2-28H. The van der Waals surface area contributed by atoms with Gasteiger partial charge in [-0.3, -0.25) is 9.97 Å². The molecule has 0 bridgehead atoms. The van der Waals surface area contributed by atoms with E-state index in [2.05, 4.69) is 142 Å². The van der Waals surface area contributed by atoms with Gasteiger partial charge in [0, 0.05) is 43.8 Å². The molecule has 0 saturated heterocycles. The van der Waals surface area contributed by atoms with Gasteiger partial charge in [-0.1, -0.05) is 84.6 Å². The molecule has 55 heavy (non-hydrogen) atoms. The van der Waals surface area contributed by atoms with E-state index >= 15 is 0 Å². The van der Waals surface area contributed by atoms with Crippen LogP contribution in [0.2, 0.25) is 0 Å². The average Bonchev–Trinajstić information content (AvgIpc) is 3.73. The normalized spacial score (nSPS) is 15.7. The van der Waals surface area contributed by atoms with Crippen LogP contribution >= 0.6 is 11.8 Å². The van der Waals surface area contributed by atoms with Gasteiger partial charge >= 0.3 is 0 Å². The molecule has 1 aliphatic carbocycles. The van der Waals surface area contributed by atoms with Gasteiger partial charge in [0.25, 0.3) is 0 Å². The first-order valence-corrected chi connectivity index (χ1v) is 19.0. The van der Waals surface area contributed by atoms with E-state index in [1.807, 2.05) is 36.7 Å². The summed E-state index contributed by atoms with van der Waals surface area (Å²) in [5.41, 5.74) is 12.1. The molecular weight excluding hydrogens is 695 g/mol. The largest absolute Gasteiger partial charge is 0.457 e. The number of pyridine rings is 2. The van der Waals surface area contributed by atoms with Gasteiger partial charge in [-0.15, -0.1) is 0 Å². The number of nitrogens with zero attached hydrogens (tertiary/aromatic N) is 5. The van der Waals surface area contributed by atoms with Crippen molar-refractivity contribution in [3.8, 4) is 28.6 Å². The Balaban J connectivity index is 1.16. The summed E-state index contributed by atoms with van der Waals surface area (Å²) in [6.45, 7) is 7.71. The summed E-state index contributed by atoms with van der Waals surface area (Å²) in [7, 11) is 0. The minimum absolute atomic E-state index is 0.617. The monoisotopic (exact) mass is 721 g/mol. The summed E-state index contributed by atoms with van der Waals surface area (Å²) in [6.07, 6.45) is 3.83. The van der Waals surface area contributed by atoms with Crippen molar-refractivity contribution >= 4 is 56.3 Å². The molecule has 0 saturated carbocycles. The van der Waals surface area contributed by atoms with Crippen LogP contribution in [-0.2, 0) is 5.41 Å². The molecule has 1 atom stereocenters. The van der Waals surface area contributed by atoms with Gasteiger partial charge in [-0.25, -0.2) is 4.85 Å². The lowest BCUT2D eigenvalue weighted by Crippen LogP contribution is -2.32. The Labute approximate surface area is 320 Å². The highest BCUT2D eigenvalue weighted by molar-refractivity contribution is 7.99. The van der Waals surface area contributed by atoms with Gasteiger partial charge in [0.05, 0.1) is 57.7 Å². The van der Waals surface area contributed by atoms with Gasteiger partial charge in [0.15, 0.2) is 5.69 Å². The number of hydrogen-bond acceptors (Lipinski definition) is 5. The molecule has 6 aromatic carbocycles. The third kappa shape index (κ3) is 4.04. The summed E-state index contributed by atoms with van der Waals surface area (Å²) in [5.74, 6) is 1.61. The lowest BCUT2D eigenvalue weighted by atomic mass is 9.66. The lowest BCUT2D eigenvalue weighted by Gasteiger charge is -2.40. The maximum absolute atomic E-state index is 7.71. The Morgan fingerprint density at radius 3 is 2.11 bits per heavy atom. The molecule has 3 aliphatic rings. The maximum Gasteiger partial charge on any atom is 0.188 e. The van der Waals surface area contributed by atoms with Crippen LogP contribution in [0.25, 0.3) is 43.7 Å². The van der Waals surface area contributed by atoms with Gasteiger partial charge in [0.1, 0.15) is 11.5 Å². The van der Waals surface area contributed by atoms with Gasteiger partial charge in [0.2, 0.25) is 0 Å². The van der Waals surface area contributed by atoms with E-state index in [9.17, 15) is 0 Å². The quantitative estimate of drug-likeness (QED) is 0.166. The smallest absolute Gasteiger partial charge is 0.188 e. The Morgan fingerprint density at radius 2 is 1.25 bits per heavy atom. The molecule has 3 aromatic heterocycles. The predicted molar refractivity (Wildman–Crippen MR) is 219 cm³/mol. The van der Waals surface area contributed by atoms with E-state index in [0.717, 1.165) is 89.7 Å². The minimum atomic E-state index is -0.790. The summed E-state index contributed by atoms with van der Waals surface area (Å²) >= 11 is 1.80. The molecule has 0 N–H and O–H groups in total. The highest BCUT2D eigenvalue weighted by atomic mass is 32.2. The zero-order valence-electron chi connectivity index (χ0n) is 29.1. The maximum atomic E-state index is 7.71. The Hall–Kier alpha value is -7.14. The highest BCUT2D eigenvalue weighted by Gasteiger charge is 2.53. The topological polar surface area (TPSA) is 47.5 Å². The molecule has 2 aliphatic heterocycles. The molecule has 9 aromatic rings. The predicted octanol–water partition coefficient (Wildman–Crippen LogP) is 12.5. The average molecular weight is 722 g/mol. The van der Waals surface area contributed by atoms with Crippen molar-refractivity contribution < 1.29 is 4.74 Å². The second-order valence-corrected chi connectivity index (χ2v) is 15.1. The minimum Gasteiger partial charge on any atom is -0.457 e. The number of hydrogen-bond donors (Lipinski definition) is 0. The molecule has 256 valence electrons. The van der Waals surface area contributed by atoms with Crippen LogP contribution in [0.1, 0.15) is 22.3 Å². The molecule has 6 nitrogen and oxygen atoms in total. The molecule has 0 fully saturated rings. The van der Waals surface area contributed by atoms with Gasteiger partial charge < -0.3 is 14.2 Å². The number of benzene rings is 6. The van der Waals surface area contributed by atoms with Crippen LogP contribution in [-0.4, -0.2) is 14.5 Å². The first-order valence-electron chi connectivity index (χ1n) is 18.2. The Morgan fingerprint density at radius 1 is 0.564 bits per heavy atom. The number of aromatic nitrogens is 3. The summed E-state index contributed by atoms with van der Waals surface area (Å²) in [5, 5.41) is 2.13. The van der Waals surface area contributed by atoms with Crippen LogP contribution in [0.4, 0.5) is 22.7 Å². The molecular formula is C48H27N5OS. The van der Waals surface area contributed by atoms with Crippen molar-refractivity contribution in [3.63, 3.8) is 0 Å². The van der Waals surface area contributed by atoms with Crippen LogP contribution < -0.4 is 9.64 Å². The fraction of sp³-hybridized carbons (Fsp3) is 0.0208. The van der Waals surface area contributed by atoms with Crippen LogP contribution in [0.3, 0.4) is 0 Å². The lowest BCUT2D eigenvalue weighted by molar-refractivity contribution is 0.436. The zero-order chi connectivity index (χ0) is 36.3. The molecule has 1 unspecified atom stereocenters. The van der Waals surface area contributed by atoms with Crippen LogP contribution in [0.5, 0.6) is 11.5 Å². The van der Waals surface area contributed by atoms with E-state index in [0.29, 0.717) is 5.69 Å². The van der Waals surface area contributed by atoms with E-state index in [-0.39, 0.29) is 0 Å². The Kier molecular flexibility index (Phi) is 6.17. The highest BCUT2D eigenvalue weighted by Crippen LogP contribution is 2.62. The second-order valence-electron chi connectivity index (χ2n) is 14.1. The molecule has 7 heteroatoms. The number of rotatable bonds is 2. The van der Waals surface area contributed by atoms with Crippen LogP contribution in [0.15, 0.2) is 174 Å². The van der Waals surface area contributed by atoms with Gasteiger partial charge in [-0.2, -0.15) is 0 Å². The van der Waals surface area contributed by atoms with Crippen molar-refractivity contribution in [2.45, 2.75) is 15.2 Å². The van der Waals surface area contributed by atoms with E-state index in [1.54, 1.807) is 11.8 Å². The van der Waals surface area contributed by atoms with Crippen molar-refractivity contribution in [3.05, 3.63) is 198 Å². The molecule has 1 spiro atoms. The number of ether oxygens (including phenoxy) is 1. The summed E-state index contributed by atoms with van der Waals surface area (Å²) < 4.78 is 9.10. The second kappa shape index (κ2) is 11.2. The zero-order valence-corrected chi connectivity index (χ0v) is 30.0. The third-order valence-electron chi connectivity index (χ3n) is 11.3. The summed E-state index contributed by atoms with van der Waals surface area (Å²) in [4.78, 5) is 18.9. The van der Waals surface area contributed by atoms with Crippen molar-refractivity contribution in [1.29, 1.82) is 0 Å². The van der Waals surface area contributed by atoms with Gasteiger partial charge in [-0.05, 0) is 89.8 Å². The van der Waals surface area contributed by atoms with E-state index < -0.39 is 5.41 Å². The Bertz CT molecular complexity index is 3120. The molecule has 12 rings (SSSR count). The third-order valence-corrected chi connectivity index (χ3v) is 12.5. The number of fused-ring (bicyclic) bond motifs is 14. The molecule has 5 heterocycles. The molecule has 0 amide bonds. The fourth-order valence-corrected chi connectivity index (χ4v) is 10.2. The fourth-order valence-electron chi connectivity index (χ4n) is 9.13. The van der Waals surface area contributed by atoms with Crippen molar-refractivity contribution in [1.82, 2.24) is 14.5 Å².